The maximum absolute atomic E-state index is 12.9. The highest BCUT2D eigenvalue weighted by molar-refractivity contribution is 8.00. The SMILES string of the molecule is C=CCn1c(=O)c2ccccc2n2c(S[C@@H](C)C(=O)Nc3nc(-c4ccccc4)cs3)nnc12. The van der Waals surface area contributed by atoms with Crippen molar-refractivity contribution < 1.29 is 4.79 Å². The third-order valence-electron chi connectivity index (χ3n) is 5.25. The first kappa shape index (κ1) is 22.1. The normalized spacial score (nSPS) is 12.1. The molecular formula is C24H20N6O2S2. The average molecular weight is 489 g/mol. The number of nitrogens with one attached hydrogen (secondary N) is 1. The lowest BCUT2D eigenvalue weighted by molar-refractivity contribution is -0.115. The predicted molar refractivity (Wildman–Crippen MR) is 136 cm³/mol. The summed E-state index contributed by atoms with van der Waals surface area (Å²) in [5, 5.41) is 14.5. The van der Waals surface area contributed by atoms with Gasteiger partial charge in [-0.25, -0.2) is 4.98 Å². The van der Waals surface area contributed by atoms with Gasteiger partial charge in [0.25, 0.3) is 5.56 Å². The molecule has 10 heteroatoms. The van der Waals surface area contributed by atoms with Crippen molar-refractivity contribution in [2.45, 2.75) is 23.9 Å². The van der Waals surface area contributed by atoms with Gasteiger partial charge in [0.1, 0.15) is 0 Å². The van der Waals surface area contributed by atoms with Crippen LogP contribution in [0, 0.1) is 0 Å². The van der Waals surface area contributed by atoms with E-state index in [1.54, 1.807) is 19.1 Å². The molecule has 1 amide bonds. The fraction of sp³-hybridized carbons (Fsp3) is 0.125. The number of thiazole rings is 1. The minimum Gasteiger partial charge on any atom is -0.301 e. The monoisotopic (exact) mass is 488 g/mol. The van der Waals surface area contributed by atoms with E-state index in [-0.39, 0.29) is 11.5 Å². The van der Waals surface area contributed by atoms with Crippen LogP contribution in [0.4, 0.5) is 5.13 Å². The average Bonchev–Trinajstić information content (AvgIpc) is 3.50. The quantitative estimate of drug-likeness (QED) is 0.268. The molecule has 5 aromatic rings. The number of fused-ring (bicyclic) bond motifs is 3. The molecule has 0 radical (unpaired) electrons. The molecule has 3 aromatic heterocycles. The van der Waals surface area contributed by atoms with Gasteiger partial charge in [-0.1, -0.05) is 60.3 Å². The summed E-state index contributed by atoms with van der Waals surface area (Å²) in [6.07, 6.45) is 1.64. The first-order valence-corrected chi connectivity index (χ1v) is 12.3. The van der Waals surface area contributed by atoms with Gasteiger partial charge in [-0.2, -0.15) is 0 Å². The van der Waals surface area contributed by atoms with Crippen LogP contribution in [0.5, 0.6) is 0 Å². The van der Waals surface area contributed by atoms with E-state index in [4.69, 9.17) is 0 Å². The number of anilines is 1. The second kappa shape index (κ2) is 9.24. The molecule has 0 saturated heterocycles. The van der Waals surface area contributed by atoms with Gasteiger partial charge in [0.2, 0.25) is 11.7 Å². The van der Waals surface area contributed by atoms with Crippen molar-refractivity contribution in [3.8, 4) is 11.3 Å². The number of hydrogen-bond acceptors (Lipinski definition) is 7. The topological polar surface area (TPSA) is 94.2 Å². The molecule has 0 aliphatic carbocycles. The Kier molecular flexibility index (Phi) is 5.99. The highest BCUT2D eigenvalue weighted by atomic mass is 32.2. The molecule has 1 atom stereocenters. The first-order valence-electron chi connectivity index (χ1n) is 10.5. The van der Waals surface area contributed by atoms with Crippen molar-refractivity contribution in [2.75, 3.05) is 5.32 Å². The van der Waals surface area contributed by atoms with E-state index in [1.807, 2.05) is 58.3 Å². The number of amides is 1. The fourth-order valence-electron chi connectivity index (χ4n) is 3.59. The Hall–Kier alpha value is -3.76. The van der Waals surface area contributed by atoms with Gasteiger partial charge < -0.3 is 5.32 Å². The smallest absolute Gasteiger partial charge is 0.263 e. The molecule has 0 fully saturated rings. The number of nitrogens with zero attached hydrogens (tertiary/aromatic N) is 5. The molecule has 34 heavy (non-hydrogen) atoms. The van der Waals surface area contributed by atoms with Crippen LogP contribution in [0.25, 0.3) is 27.9 Å². The zero-order valence-electron chi connectivity index (χ0n) is 18.2. The first-order chi connectivity index (χ1) is 16.6. The van der Waals surface area contributed by atoms with Gasteiger partial charge in [0.05, 0.1) is 21.8 Å². The second-order valence-corrected chi connectivity index (χ2v) is 9.66. The Bertz CT molecular complexity index is 1570. The van der Waals surface area contributed by atoms with E-state index in [0.29, 0.717) is 33.5 Å². The molecule has 1 N–H and O–H groups in total. The van der Waals surface area contributed by atoms with Crippen molar-refractivity contribution in [1.29, 1.82) is 0 Å². The minimum atomic E-state index is -0.477. The lowest BCUT2D eigenvalue weighted by Gasteiger charge is -2.12. The van der Waals surface area contributed by atoms with E-state index >= 15 is 0 Å². The van der Waals surface area contributed by atoms with E-state index in [9.17, 15) is 9.59 Å². The third-order valence-corrected chi connectivity index (χ3v) is 7.05. The summed E-state index contributed by atoms with van der Waals surface area (Å²) in [6, 6.07) is 17.1. The Morgan fingerprint density at radius 2 is 1.94 bits per heavy atom. The Balaban J connectivity index is 1.42. The Morgan fingerprint density at radius 1 is 1.18 bits per heavy atom. The molecule has 0 saturated carbocycles. The number of thioether (sulfide) groups is 1. The molecule has 0 aliphatic heterocycles. The van der Waals surface area contributed by atoms with Crippen molar-refractivity contribution in [2.24, 2.45) is 0 Å². The summed E-state index contributed by atoms with van der Waals surface area (Å²) >= 11 is 2.65. The number of rotatable bonds is 7. The summed E-state index contributed by atoms with van der Waals surface area (Å²) in [7, 11) is 0. The lowest BCUT2D eigenvalue weighted by Crippen LogP contribution is -2.24. The maximum Gasteiger partial charge on any atom is 0.263 e. The predicted octanol–water partition coefficient (Wildman–Crippen LogP) is 4.47. The number of carbonyl (C=O) groups is 1. The number of para-hydroxylation sites is 1. The molecule has 0 unspecified atom stereocenters. The van der Waals surface area contributed by atoms with Crippen molar-refractivity contribution in [3.63, 3.8) is 0 Å². The summed E-state index contributed by atoms with van der Waals surface area (Å²) in [5.41, 5.74) is 2.34. The van der Waals surface area contributed by atoms with Crippen LogP contribution < -0.4 is 10.9 Å². The Morgan fingerprint density at radius 3 is 2.74 bits per heavy atom. The van der Waals surface area contributed by atoms with Gasteiger partial charge >= 0.3 is 0 Å². The van der Waals surface area contributed by atoms with Crippen LogP contribution in [0.15, 0.2) is 82.6 Å². The number of hydrogen-bond donors (Lipinski definition) is 1. The minimum absolute atomic E-state index is 0.157. The Labute approximate surface area is 203 Å². The zero-order chi connectivity index (χ0) is 23.7. The fourth-order valence-corrected chi connectivity index (χ4v) is 5.17. The molecule has 0 aliphatic rings. The summed E-state index contributed by atoms with van der Waals surface area (Å²) < 4.78 is 3.34. The molecule has 2 aromatic carbocycles. The van der Waals surface area contributed by atoms with Crippen molar-refractivity contribution in [1.82, 2.24) is 24.1 Å². The molecule has 0 spiro atoms. The lowest BCUT2D eigenvalue weighted by atomic mass is 10.2. The van der Waals surface area contributed by atoms with Crippen LogP contribution >= 0.6 is 23.1 Å². The van der Waals surface area contributed by atoms with E-state index in [1.165, 1.54) is 27.7 Å². The third kappa shape index (κ3) is 4.02. The van der Waals surface area contributed by atoms with Gasteiger partial charge in [0.15, 0.2) is 10.3 Å². The molecule has 8 nitrogen and oxygen atoms in total. The molecule has 170 valence electrons. The second-order valence-electron chi connectivity index (χ2n) is 7.49. The number of carbonyl (C=O) groups excluding carboxylic acids is 1. The highest BCUT2D eigenvalue weighted by Crippen LogP contribution is 2.28. The van der Waals surface area contributed by atoms with Crippen LogP contribution in [-0.2, 0) is 11.3 Å². The van der Waals surface area contributed by atoms with Crippen LogP contribution in [0.3, 0.4) is 0 Å². The maximum atomic E-state index is 12.9. The molecule has 3 heterocycles. The molecular weight excluding hydrogens is 468 g/mol. The number of allylic oxidation sites excluding steroid dienone is 1. The van der Waals surface area contributed by atoms with Crippen LogP contribution in [0.1, 0.15) is 6.92 Å². The van der Waals surface area contributed by atoms with E-state index in [0.717, 1.165) is 11.3 Å². The molecule has 0 bridgehead atoms. The summed E-state index contributed by atoms with van der Waals surface area (Å²) in [4.78, 5) is 30.4. The zero-order valence-corrected chi connectivity index (χ0v) is 19.8. The van der Waals surface area contributed by atoms with Crippen LogP contribution in [-0.4, -0.2) is 35.3 Å². The van der Waals surface area contributed by atoms with Crippen LogP contribution in [0.2, 0.25) is 0 Å². The summed E-state index contributed by atoms with van der Waals surface area (Å²) in [6.45, 7) is 5.85. The largest absolute Gasteiger partial charge is 0.301 e. The van der Waals surface area contributed by atoms with E-state index < -0.39 is 5.25 Å². The van der Waals surface area contributed by atoms with Crippen molar-refractivity contribution in [3.05, 3.63) is 83.0 Å². The van der Waals surface area contributed by atoms with Gasteiger partial charge in [-0.15, -0.1) is 28.1 Å². The van der Waals surface area contributed by atoms with Gasteiger partial charge in [-0.3, -0.25) is 18.6 Å². The molecule has 5 rings (SSSR count). The van der Waals surface area contributed by atoms with Gasteiger partial charge in [-0.05, 0) is 19.1 Å². The van der Waals surface area contributed by atoms with Gasteiger partial charge in [0, 0.05) is 17.5 Å². The number of aromatic nitrogens is 5. The highest BCUT2D eigenvalue weighted by Gasteiger charge is 2.22. The van der Waals surface area contributed by atoms with E-state index in [2.05, 4.69) is 27.1 Å². The standard InChI is InChI=1S/C24H20N6O2S2/c1-3-13-29-21(32)17-11-7-8-12-19(17)30-23(29)27-28-24(30)34-15(2)20(31)26-22-25-18(14-33-22)16-9-5-4-6-10-16/h3-12,14-15H,1,13H2,2H3,(H,25,26,31)/t15-/m0/s1. The number of benzene rings is 2. The van der Waals surface area contributed by atoms with Crippen molar-refractivity contribution >= 4 is 50.8 Å². The summed E-state index contributed by atoms with van der Waals surface area (Å²) in [5.74, 6) is 0.213.